The number of rotatable bonds is 5. The van der Waals surface area contributed by atoms with E-state index in [1.807, 2.05) is 6.92 Å². The molecule has 0 aliphatic carbocycles. The average Bonchev–Trinajstić information content (AvgIpc) is 2.33. The van der Waals surface area contributed by atoms with Crippen LogP contribution in [0.15, 0.2) is 12.1 Å². The van der Waals surface area contributed by atoms with E-state index in [2.05, 4.69) is 0 Å². The lowest BCUT2D eigenvalue weighted by Gasteiger charge is -2.21. The van der Waals surface area contributed by atoms with Gasteiger partial charge in [0.05, 0.1) is 17.9 Å². The molecule has 0 atom stereocenters. The molecule has 0 bridgehead atoms. The van der Waals surface area contributed by atoms with Gasteiger partial charge in [-0.3, -0.25) is 4.79 Å². The molecule has 1 aromatic rings. The summed E-state index contributed by atoms with van der Waals surface area (Å²) in [4.78, 5) is 13.3. The number of nitrogens with zero attached hydrogens (tertiary/aromatic N) is 1. The fourth-order valence-electron chi connectivity index (χ4n) is 1.61. The normalized spacial score (nSPS) is 10.4. The number of benzene rings is 1. The van der Waals surface area contributed by atoms with Crippen molar-refractivity contribution in [2.24, 2.45) is 0 Å². The van der Waals surface area contributed by atoms with Crippen LogP contribution in [0.1, 0.15) is 23.7 Å². The first-order valence-electron chi connectivity index (χ1n) is 5.65. The highest BCUT2D eigenvalue weighted by Gasteiger charge is 2.20. The fraction of sp³-hybridized carbons (Fsp3) is 0.417. The van der Waals surface area contributed by atoms with Gasteiger partial charge in [-0.2, -0.15) is 0 Å². The second kappa shape index (κ2) is 6.30. The molecule has 3 N–H and O–H groups in total. The fourth-order valence-corrected chi connectivity index (χ4v) is 1.61. The van der Waals surface area contributed by atoms with Crippen LogP contribution in [-0.4, -0.2) is 35.6 Å². The Morgan fingerprint density at radius 1 is 1.33 bits per heavy atom. The van der Waals surface area contributed by atoms with E-state index in [1.54, 1.807) is 0 Å². The summed E-state index contributed by atoms with van der Waals surface area (Å²) in [6, 6.07) is 1.57. The maximum atomic E-state index is 13.5. The standard InChI is InChI=1S/C12H16F2N2O2/c1-2-3-16(4-5-17)12(18)8-6-11(15)10(14)7-9(8)13/h6-7,17H,2-5,15H2,1H3. The molecular weight excluding hydrogens is 242 g/mol. The third-order valence-corrected chi connectivity index (χ3v) is 2.47. The monoisotopic (exact) mass is 258 g/mol. The van der Waals surface area contributed by atoms with E-state index >= 15 is 0 Å². The lowest BCUT2D eigenvalue weighted by molar-refractivity contribution is 0.0717. The molecule has 0 unspecified atom stereocenters. The summed E-state index contributed by atoms with van der Waals surface area (Å²) in [5.74, 6) is -2.45. The topological polar surface area (TPSA) is 66.6 Å². The van der Waals surface area contributed by atoms with Crippen LogP contribution in [-0.2, 0) is 0 Å². The minimum absolute atomic E-state index is 0.101. The van der Waals surface area contributed by atoms with Crippen molar-refractivity contribution in [1.29, 1.82) is 0 Å². The van der Waals surface area contributed by atoms with Gasteiger partial charge in [-0.25, -0.2) is 8.78 Å². The molecule has 1 rings (SSSR count). The predicted molar refractivity (Wildman–Crippen MR) is 64.1 cm³/mol. The molecule has 100 valence electrons. The van der Waals surface area contributed by atoms with Gasteiger partial charge in [-0.15, -0.1) is 0 Å². The Kier molecular flexibility index (Phi) is 5.03. The molecule has 0 fully saturated rings. The van der Waals surface area contributed by atoms with Gasteiger partial charge in [0.1, 0.15) is 11.6 Å². The van der Waals surface area contributed by atoms with Gasteiger partial charge in [-0.05, 0) is 12.5 Å². The van der Waals surface area contributed by atoms with Gasteiger partial charge in [-0.1, -0.05) is 6.92 Å². The first-order chi connectivity index (χ1) is 8.51. The van der Waals surface area contributed by atoms with Crippen LogP contribution in [0.25, 0.3) is 0 Å². The Morgan fingerprint density at radius 2 is 2.00 bits per heavy atom. The first kappa shape index (κ1) is 14.4. The number of nitrogen functional groups attached to an aromatic ring is 1. The summed E-state index contributed by atoms with van der Waals surface area (Å²) in [5.41, 5.74) is 4.75. The summed E-state index contributed by atoms with van der Waals surface area (Å²) in [6.45, 7) is 2.12. The number of aliphatic hydroxyl groups is 1. The molecule has 0 spiro atoms. The molecule has 1 aromatic carbocycles. The van der Waals surface area contributed by atoms with Crippen molar-refractivity contribution in [3.63, 3.8) is 0 Å². The van der Waals surface area contributed by atoms with Crippen LogP contribution in [0.5, 0.6) is 0 Å². The smallest absolute Gasteiger partial charge is 0.256 e. The summed E-state index contributed by atoms with van der Waals surface area (Å²) >= 11 is 0. The highest BCUT2D eigenvalue weighted by Crippen LogP contribution is 2.18. The molecule has 1 amide bonds. The molecule has 0 saturated carbocycles. The maximum absolute atomic E-state index is 13.5. The van der Waals surface area contributed by atoms with Crippen LogP contribution < -0.4 is 5.73 Å². The van der Waals surface area contributed by atoms with Crippen molar-refractivity contribution < 1.29 is 18.7 Å². The molecule has 0 radical (unpaired) electrons. The van der Waals surface area contributed by atoms with E-state index in [0.29, 0.717) is 19.0 Å². The Labute approximate surface area is 104 Å². The van der Waals surface area contributed by atoms with Gasteiger partial charge in [0.25, 0.3) is 5.91 Å². The van der Waals surface area contributed by atoms with Crippen molar-refractivity contribution in [3.05, 3.63) is 29.3 Å². The highest BCUT2D eigenvalue weighted by molar-refractivity contribution is 5.95. The first-order valence-corrected chi connectivity index (χ1v) is 5.65. The van der Waals surface area contributed by atoms with Gasteiger partial charge in [0.2, 0.25) is 0 Å². The molecule has 0 aliphatic rings. The van der Waals surface area contributed by atoms with Gasteiger partial charge >= 0.3 is 0 Å². The Balaban J connectivity index is 3.04. The number of carbonyl (C=O) groups excluding carboxylic acids is 1. The lowest BCUT2D eigenvalue weighted by Crippen LogP contribution is -2.34. The number of hydrogen-bond donors (Lipinski definition) is 2. The zero-order chi connectivity index (χ0) is 13.7. The maximum Gasteiger partial charge on any atom is 0.256 e. The number of hydrogen-bond acceptors (Lipinski definition) is 3. The van der Waals surface area contributed by atoms with E-state index < -0.39 is 17.5 Å². The largest absolute Gasteiger partial charge is 0.396 e. The van der Waals surface area contributed by atoms with Crippen molar-refractivity contribution in [3.8, 4) is 0 Å². The number of amides is 1. The van der Waals surface area contributed by atoms with E-state index in [0.717, 1.165) is 6.07 Å². The molecular formula is C12H16F2N2O2. The number of nitrogens with two attached hydrogens (primary N) is 1. The Hall–Kier alpha value is -1.69. The quantitative estimate of drug-likeness (QED) is 0.784. The number of halogens is 2. The number of aliphatic hydroxyl groups excluding tert-OH is 1. The van der Waals surface area contributed by atoms with E-state index in [1.165, 1.54) is 4.90 Å². The predicted octanol–water partition coefficient (Wildman–Crippen LogP) is 1.39. The minimum Gasteiger partial charge on any atom is -0.396 e. The number of anilines is 1. The van der Waals surface area contributed by atoms with Crippen molar-refractivity contribution >= 4 is 11.6 Å². The molecule has 6 heteroatoms. The second-order valence-corrected chi connectivity index (χ2v) is 3.87. The van der Waals surface area contributed by atoms with Crippen LogP contribution in [0.3, 0.4) is 0 Å². The van der Waals surface area contributed by atoms with Crippen molar-refractivity contribution in [1.82, 2.24) is 4.90 Å². The van der Waals surface area contributed by atoms with Crippen LogP contribution >= 0.6 is 0 Å². The molecule has 0 aromatic heterocycles. The van der Waals surface area contributed by atoms with Crippen LogP contribution in [0.2, 0.25) is 0 Å². The Bertz CT molecular complexity index is 432. The van der Waals surface area contributed by atoms with Gasteiger partial charge in [0.15, 0.2) is 0 Å². The average molecular weight is 258 g/mol. The summed E-state index contributed by atoms with van der Waals surface area (Å²) in [6.07, 6.45) is 0.671. The molecule has 0 saturated heterocycles. The summed E-state index contributed by atoms with van der Waals surface area (Å²) in [5, 5.41) is 8.85. The summed E-state index contributed by atoms with van der Waals surface area (Å²) in [7, 11) is 0. The van der Waals surface area contributed by atoms with E-state index in [4.69, 9.17) is 10.8 Å². The molecule has 0 aliphatic heterocycles. The molecule has 18 heavy (non-hydrogen) atoms. The zero-order valence-corrected chi connectivity index (χ0v) is 10.1. The third-order valence-electron chi connectivity index (χ3n) is 2.47. The van der Waals surface area contributed by atoms with Crippen LogP contribution in [0.4, 0.5) is 14.5 Å². The number of carbonyl (C=O) groups is 1. The zero-order valence-electron chi connectivity index (χ0n) is 10.1. The van der Waals surface area contributed by atoms with Gasteiger partial charge in [0, 0.05) is 19.2 Å². The van der Waals surface area contributed by atoms with E-state index in [-0.39, 0.29) is 24.4 Å². The van der Waals surface area contributed by atoms with Crippen molar-refractivity contribution in [2.45, 2.75) is 13.3 Å². The summed E-state index contributed by atoms with van der Waals surface area (Å²) < 4.78 is 26.5. The Morgan fingerprint density at radius 3 is 2.56 bits per heavy atom. The van der Waals surface area contributed by atoms with Gasteiger partial charge < -0.3 is 15.7 Å². The van der Waals surface area contributed by atoms with E-state index in [9.17, 15) is 13.6 Å². The highest BCUT2D eigenvalue weighted by atomic mass is 19.1. The van der Waals surface area contributed by atoms with Crippen LogP contribution in [0, 0.1) is 11.6 Å². The van der Waals surface area contributed by atoms with Crippen molar-refractivity contribution in [2.75, 3.05) is 25.4 Å². The lowest BCUT2D eigenvalue weighted by atomic mass is 10.1. The second-order valence-electron chi connectivity index (χ2n) is 3.87. The minimum atomic E-state index is -0.953. The third kappa shape index (κ3) is 3.16. The molecule has 4 nitrogen and oxygen atoms in total. The SMILES string of the molecule is CCCN(CCO)C(=O)c1cc(N)c(F)cc1F. The molecule has 0 heterocycles.